The zero-order valence-electron chi connectivity index (χ0n) is 20.8. The SMILES string of the molecule is Cc1ccc(N(C(=O)Cn2nnc(-c3ccc(Cl)cc3)n2)C(C(=O)NCC2CCCO2)c2cccs2)cc1. The van der Waals surface area contributed by atoms with E-state index in [2.05, 4.69) is 20.7 Å². The molecule has 2 aromatic carbocycles. The molecule has 2 atom stereocenters. The van der Waals surface area contributed by atoms with Crippen LogP contribution in [0.1, 0.15) is 29.3 Å². The van der Waals surface area contributed by atoms with Gasteiger partial charge in [0.05, 0.1) is 6.10 Å². The van der Waals surface area contributed by atoms with Gasteiger partial charge in [-0.05, 0) is 72.8 Å². The Labute approximate surface area is 229 Å². The van der Waals surface area contributed by atoms with Crippen LogP contribution in [0.25, 0.3) is 11.4 Å². The molecule has 1 fully saturated rings. The van der Waals surface area contributed by atoms with Gasteiger partial charge in [0, 0.05) is 34.3 Å². The molecular weight excluding hydrogens is 524 g/mol. The number of carbonyl (C=O) groups excluding carboxylic acids is 2. The van der Waals surface area contributed by atoms with E-state index in [1.165, 1.54) is 21.0 Å². The highest BCUT2D eigenvalue weighted by Crippen LogP contribution is 2.31. The molecule has 2 amide bonds. The number of hydrogen-bond donors (Lipinski definition) is 1. The summed E-state index contributed by atoms with van der Waals surface area (Å²) in [6, 6.07) is 17.4. The molecule has 2 aromatic heterocycles. The van der Waals surface area contributed by atoms with Crippen molar-refractivity contribution >= 4 is 40.4 Å². The molecule has 4 aromatic rings. The highest BCUT2D eigenvalue weighted by Gasteiger charge is 2.34. The third-order valence-corrected chi connectivity index (χ3v) is 7.44. The Morgan fingerprint density at radius 2 is 1.97 bits per heavy atom. The van der Waals surface area contributed by atoms with Crippen molar-refractivity contribution in [1.82, 2.24) is 25.5 Å². The second kappa shape index (κ2) is 11.8. The maximum absolute atomic E-state index is 13.9. The lowest BCUT2D eigenvalue weighted by Gasteiger charge is -2.31. The number of nitrogens with one attached hydrogen (secondary N) is 1. The Morgan fingerprint density at radius 3 is 2.66 bits per heavy atom. The van der Waals surface area contributed by atoms with E-state index < -0.39 is 6.04 Å². The van der Waals surface area contributed by atoms with Crippen molar-refractivity contribution in [2.24, 2.45) is 0 Å². The molecule has 0 bridgehead atoms. The molecule has 1 N–H and O–H groups in total. The van der Waals surface area contributed by atoms with Gasteiger partial charge < -0.3 is 10.1 Å². The molecule has 0 saturated carbocycles. The Hall–Kier alpha value is -3.60. The first-order chi connectivity index (χ1) is 18.5. The minimum atomic E-state index is -0.870. The number of aryl methyl sites for hydroxylation is 1. The minimum Gasteiger partial charge on any atom is -0.376 e. The van der Waals surface area contributed by atoms with Crippen LogP contribution in [0.5, 0.6) is 0 Å². The highest BCUT2D eigenvalue weighted by molar-refractivity contribution is 7.10. The van der Waals surface area contributed by atoms with Crippen molar-refractivity contribution in [3.63, 3.8) is 0 Å². The van der Waals surface area contributed by atoms with Crippen LogP contribution >= 0.6 is 22.9 Å². The quantitative estimate of drug-likeness (QED) is 0.331. The third kappa shape index (κ3) is 6.09. The molecule has 38 heavy (non-hydrogen) atoms. The van der Waals surface area contributed by atoms with Crippen molar-refractivity contribution < 1.29 is 14.3 Å². The van der Waals surface area contributed by atoms with Gasteiger partial charge in [-0.1, -0.05) is 35.4 Å². The zero-order chi connectivity index (χ0) is 26.5. The first kappa shape index (κ1) is 26.0. The fourth-order valence-electron chi connectivity index (χ4n) is 4.30. The molecular formula is C27H27ClN6O3S. The first-order valence-corrected chi connectivity index (χ1v) is 13.6. The van der Waals surface area contributed by atoms with Crippen LogP contribution in [0.4, 0.5) is 5.69 Å². The number of halogens is 1. The lowest BCUT2D eigenvalue weighted by molar-refractivity contribution is -0.127. The number of carbonyl (C=O) groups is 2. The molecule has 5 rings (SSSR count). The summed E-state index contributed by atoms with van der Waals surface area (Å²) in [5.41, 5.74) is 2.37. The number of rotatable bonds is 9. The van der Waals surface area contributed by atoms with E-state index in [1.54, 1.807) is 24.3 Å². The first-order valence-electron chi connectivity index (χ1n) is 12.3. The molecule has 3 heterocycles. The third-order valence-electron chi connectivity index (χ3n) is 6.26. The van der Waals surface area contributed by atoms with E-state index in [1.807, 2.05) is 48.7 Å². The lowest BCUT2D eigenvalue weighted by atomic mass is 10.1. The summed E-state index contributed by atoms with van der Waals surface area (Å²) in [7, 11) is 0. The monoisotopic (exact) mass is 550 g/mol. The average molecular weight is 551 g/mol. The fourth-order valence-corrected chi connectivity index (χ4v) is 5.24. The summed E-state index contributed by atoms with van der Waals surface area (Å²) >= 11 is 7.40. The molecule has 196 valence electrons. The van der Waals surface area contributed by atoms with Crippen molar-refractivity contribution in [2.45, 2.75) is 38.5 Å². The summed E-state index contributed by atoms with van der Waals surface area (Å²) in [6.45, 7) is 2.87. The summed E-state index contributed by atoms with van der Waals surface area (Å²) in [4.78, 5) is 31.0. The number of ether oxygens (including phenoxy) is 1. The number of nitrogens with zero attached hydrogens (tertiary/aromatic N) is 5. The van der Waals surface area contributed by atoms with Crippen molar-refractivity contribution in [2.75, 3.05) is 18.1 Å². The normalized spacial score (nSPS) is 15.8. The molecule has 1 aliphatic rings. The molecule has 1 aliphatic heterocycles. The minimum absolute atomic E-state index is 0.0166. The Bertz CT molecular complexity index is 1370. The van der Waals surface area contributed by atoms with E-state index >= 15 is 0 Å². The van der Waals surface area contributed by atoms with Gasteiger partial charge in [-0.25, -0.2) is 0 Å². The molecule has 2 unspecified atom stereocenters. The number of hydrogen-bond acceptors (Lipinski definition) is 7. The van der Waals surface area contributed by atoms with Crippen LogP contribution in [0.3, 0.4) is 0 Å². The van der Waals surface area contributed by atoms with Gasteiger partial charge in [-0.15, -0.1) is 21.5 Å². The lowest BCUT2D eigenvalue weighted by Crippen LogP contribution is -2.46. The summed E-state index contributed by atoms with van der Waals surface area (Å²) in [5, 5.41) is 18.1. The molecule has 9 nitrogen and oxygen atoms in total. The van der Waals surface area contributed by atoms with Crippen LogP contribution < -0.4 is 10.2 Å². The van der Waals surface area contributed by atoms with Crippen molar-refractivity contribution in [1.29, 1.82) is 0 Å². The maximum Gasteiger partial charge on any atom is 0.251 e. The number of tetrazole rings is 1. The topological polar surface area (TPSA) is 102 Å². The maximum atomic E-state index is 13.9. The van der Waals surface area contributed by atoms with Gasteiger partial charge in [0.1, 0.15) is 12.6 Å². The summed E-state index contributed by atoms with van der Waals surface area (Å²) < 4.78 is 5.68. The number of aromatic nitrogens is 4. The fraction of sp³-hybridized carbons (Fsp3) is 0.296. The molecule has 1 saturated heterocycles. The van der Waals surface area contributed by atoms with E-state index in [0.717, 1.165) is 28.8 Å². The Morgan fingerprint density at radius 1 is 1.18 bits per heavy atom. The van der Waals surface area contributed by atoms with Crippen LogP contribution in [0, 0.1) is 6.92 Å². The van der Waals surface area contributed by atoms with Crippen LogP contribution in [-0.4, -0.2) is 51.3 Å². The van der Waals surface area contributed by atoms with Crippen molar-refractivity contribution in [3.05, 3.63) is 81.5 Å². The standard InChI is InChI=1S/C27H27ClN6O3S/c1-18-6-12-21(13-7-18)34(24(35)17-33-31-26(30-32-33)19-8-10-20(28)11-9-19)25(23-5-3-15-38-23)27(36)29-16-22-4-2-14-37-22/h3,5-13,15,22,25H,2,4,14,16-17H2,1H3,(H,29,36). The average Bonchev–Trinajstić information content (AvgIpc) is 3.71. The van der Waals surface area contributed by atoms with E-state index in [-0.39, 0.29) is 24.5 Å². The predicted molar refractivity (Wildman–Crippen MR) is 146 cm³/mol. The summed E-state index contributed by atoms with van der Waals surface area (Å²) in [5.74, 6) is -0.245. The van der Waals surface area contributed by atoms with Crippen LogP contribution in [-0.2, 0) is 20.9 Å². The number of thiophene rings is 1. The van der Waals surface area contributed by atoms with Gasteiger partial charge >= 0.3 is 0 Å². The Balaban J connectivity index is 1.43. The van der Waals surface area contributed by atoms with E-state index in [9.17, 15) is 9.59 Å². The number of amides is 2. The number of anilines is 1. The largest absolute Gasteiger partial charge is 0.376 e. The molecule has 0 spiro atoms. The molecule has 0 aliphatic carbocycles. The molecule has 11 heteroatoms. The van der Waals surface area contributed by atoms with E-state index in [4.69, 9.17) is 16.3 Å². The highest BCUT2D eigenvalue weighted by atomic mass is 35.5. The number of benzene rings is 2. The van der Waals surface area contributed by atoms with Crippen LogP contribution in [0.15, 0.2) is 66.0 Å². The predicted octanol–water partition coefficient (Wildman–Crippen LogP) is 4.43. The molecule has 0 radical (unpaired) electrons. The van der Waals surface area contributed by atoms with Gasteiger partial charge in [0.15, 0.2) is 0 Å². The van der Waals surface area contributed by atoms with E-state index in [0.29, 0.717) is 29.7 Å². The second-order valence-corrected chi connectivity index (χ2v) is 10.5. The van der Waals surface area contributed by atoms with Gasteiger partial charge in [0.25, 0.3) is 5.91 Å². The summed E-state index contributed by atoms with van der Waals surface area (Å²) in [6.07, 6.45) is 1.86. The Kier molecular flexibility index (Phi) is 8.11. The van der Waals surface area contributed by atoms with Crippen LogP contribution in [0.2, 0.25) is 5.02 Å². The zero-order valence-corrected chi connectivity index (χ0v) is 22.4. The van der Waals surface area contributed by atoms with Crippen molar-refractivity contribution in [3.8, 4) is 11.4 Å². The van der Waals surface area contributed by atoms with Gasteiger partial charge in [-0.3, -0.25) is 14.5 Å². The van der Waals surface area contributed by atoms with Gasteiger partial charge in [0.2, 0.25) is 11.7 Å². The van der Waals surface area contributed by atoms with Gasteiger partial charge in [-0.2, -0.15) is 4.80 Å². The smallest absolute Gasteiger partial charge is 0.251 e. The second-order valence-electron chi connectivity index (χ2n) is 9.05.